The number of nitrogens with zero attached hydrogens (tertiary/aromatic N) is 5. The Morgan fingerprint density at radius 2 is 2.00 bits per heavy atom. The number of pyridine rings is 1. The van der Waals surface area contributed by atoms with Gasteiger partial charge in [-0.2, -0.15) is 9.97 Å². The second-order valence-corrected chi connectivity index (χ2v) is 4.79. The third-order valence-corrected chi connectivity index (χ3v) is 3.25. The molecule has 20 heavy (non-hydrogen) atoms. The number of rotatable bonds is 4. The van der Waals surface area contributed by atoms with Crippen LogP contribution in [0.2, 0.25) is 5.28 Å². The van der Waals surface area contributed by atoms with Crippen molar-refractivity contribution >= 4 is 28.6 Å². The average Bonchev–Trinajstić information content (AvgIpc) is 2.83. The molecular weight excluding hydrogens is 276 g/mol. The topological polar surface area (TPSA) is 82.5 Å². The van der Waals surface area contributed by atoms with Crippen LogP contribution in [0.1, 0.15) is 12.0 Å². The maximum absolute atomic E-state index is 5.83. The van der Waals surface area contributed by atoms with Crippen molar-refractivity contribution in [3.63, 3.8) is 0 Å². The fraction of sp³-hybridized carbons (Fsp3) is 0.231. The molecule has 7 heteroatoms. The Labute approximate surface area is 120 Å². The molecule has 0 spiro atoms. The van der Waals surface area contributed by atoms with Gasteiger partial charge in [-0.05, 0) is 42.1 Å². The monoisotopic (exact) mass is 288 g/mol. The van der Waals surface area contributed by atoms with Crippen LogP contribution in [0.15, 0.2) is 30.9 Å². The van der Waals surface area contributed by atoms with Crippen LogP contribution < -0.4 is 5.73 Å². The molecule has 0 radical (unpaired) electrons. The molecule has 0 fully saturated rings. The number of imidazole rings is 1. The Balaban J connectivity index is 1.75. The summed E-state index contributed by atoms with van der Waals surface area (Å²) >= 11 is 5.83. The number of nitrogens with two attached hydrogens (primary N) is 1. The lowest BCUT2D eigenvalue weighted by Crippen LogP contribution is -2.01. The van der Waals surface area contributed by atoms with Crippen molar-refractivity contribution in [2.45, 2.75) is 19.4 Å². The highest BCUT2D eigenvalue weighted by molar-refractivity contribution is 6.28. The lowest BCUT2D eigenvalue weighted by molar-refractivity contribution is 0.652. The van der Waals surface area contributed by atoms with E-state index in [9.17, 15) is 0 Å². The smallest absolute Gasteiger partial charge is 0.226 e. The Morgan fingerprint density at radius 1 is 1.20 bits per heavy atom. The summed E-state index contributed by atoms with van der Waals surface area (Å²) in [5.74, 6) is 0.313. The summed E-state index contributed by atoms with van der Waals surface area (Å²) in [6.45, 7) is 0.797. The molecule has 0 aliphatic rings. The van der Waals surface area contributed by atoms with Gasteiger partial charge in [-0.25, -0.2) is 4.98 Å². The normalized spacial score (nSPS) is 11.1. The lowest BCUT2D eigenvalue weighted by atomic mass is 10.1. The maximum Gasteiger partial charge on any atom is 0.226 e. The second kappa shape index (κ2) is 5.42. The molecule has 3 rings (SSSR count). The predicted octanol–water partition coefficient (Wildman–Crippen LogP) is 2.09. The maximum atomic E-state index is 5.83. The highest BCUT2D eigenvalue weighted by atomic mass is 35.5. The number of aromatic nitrogens is 5. The van der Waals surface area contributed by atoms with E-state index >= 15 is 0 Å². The number of fused-ring (bicyclic) bond motifs is 1. The first kappa shape index (κ1) is 12.8. The first-order valence-corrected chi connectivity index (χ1v) is 6.64. The molecule has 3 aromatic heterocycles. The zero-order valence-electron chi connectivity index (χ0n) is 10.7. The van der Waals surface area contributed by atoms with Crippen LogP contribution in [-0.2, 0) is 13.0 Å². The predicted molar refractivity (Wildman–Crippen MR) is 77.3 cm³/mol. The molecule has 0 atom stereocenters. The second-order valence-electron chi connectivity index (χ2n) is 4.45. The molecule has 3 aromatic rings. The van der Waals surface area contributed by atoms with E-state index in [1.165, 1.54) is 5.56 Å². The summed E-state index contributed by atoms with van der Waals surface area (Å²) in [6.07, 6.45) is 7.26. The van der Waals surface area contributed by atoms with E-state index in [0.717, 1.165) is 19.4 Å². The van der Waals surface area contributed by atoms with Crippen LogP contribution in [0.25, 0.3) is 11.2 Å². The number of hydrogen-bond acceptors (Lipinski definition) is 5. The molecule has 0 saturated heterocycles. The van der Waals surface area contributed by atoms with Crippen LogP contribution in [0.4, 0.5) is 5.82 Å². The Kier molecular flexibility index (Phi) is 3.47. The Bertz CT molecular complexity index is 724. The minimum atomic E-state index is 0.144. The standard InChI is InChI=1S/C13H13ClN6/c14-13-18-11(15)10-12(19-13)20(8-17-10)7-1-2-9-3-5-16-6-4-9/h3-6,8H,1-2,7H2,(H2,15,18,19). The van der Waals surface area contributed by atoms with Gasteiger partial charge in [-0.1, -0.05) is 0 Å². The van der Waals surface area contributed by atoms with Gasteiger partial charge in [0.1, 0.15) is 5.52 Å². The average molecular weight is 289 g/mol. The van der Waals surface area contributed by atoms with Crippen molar-refractivity contribution in [3.8, 4) is 0 Å². The fourth-order valence-corrected chi connectivity index (χ4v) is 2.28. The first-order valence-electron chi connectivity index (χ1n) is 6.27. The highest BCUT2D eigenvalue weighted by Crippen LogP contribution is 2.18. The van der Waals surface area contributed by atoms with E-state index in [1.54, 1.807) is 18.7 Å². The summed E-state index contributed by atoms with van der Waals surface area (Å²) < 4.78 is 1.94. The molecule has 0 saturated carbocycles. The third-order valence-electron chi connectivity index (χ3n) is 3.08. The molecule has 0 aliphatic carbocycles. The van der Waals surface area contributed by atoms with Crippen molar-refractivity contribution in [1.29, 1.82) is 0 Å². The summed E-state index contributed by atoms with van der Waals surface area (Å²) in [5, 5.41) is 0.144. The SMILES string of the molecule is Nc1nc(Cl)nc2c1ncn2CCCc1ccncc1. The molecule has 0 unspecified atom stereocenters. The van der Waals surface area contributed by atoms with E-state index in [2.05, 4.69) is 19.9 Å². The van der Waals surface area contributed by atoms with E-state index in [4.69, 9.17) is 17.3 Å². The molecule has 0 aromatic carbocycles. The quantitative estimate of drug-likeness (QED) is 0.743. The lowest BCUT2D eigenvalue weighted by Gasteiger charge is -2.04. The number of halogens is 1. The molecule has 3 heterocycles. The molecule has 0 aliphatic heterocycles. The van der Waals surface area contributed by atoms with Crippen molar-refractivity contribution in [2.75, 3.05) is 5.73 Å². The Morgan fingerprint density at radius 3 is 2.80 bits per heavy atom. The van der Waals surface area contributed by atoms with Gasteiger partial charge in [-0.15, -0.1) is 0 Å². The molecule has 0 amide bonds. The van der Waals surface area contributed by atoms with Gasteiger partial charge >= 0.3 is 0 Å². The van der Waals surface area contributed by atoms with Gasteiger partial charge in [-0.3, -0.25) is 4.98 Å². The molecule has 102 valence electrons. The minimum absolute atomic E-state index is 0.144. The Hall–Kier alpha value is -2.21. The van der Waals surface area contributed by atoms with E-state index < -0.39 is 0 Å². The zero-order valence-corrected chi connectivity index (χ0v) is 11.5. The van der Waals surface area contributed by atoms with Gasteiger partial charge in [0, 0.05) is 18.9 Å². The number of aryl methyl sites for hydroxylation is 2. The van der Waals surface area contributed by atoms with Crippen molar-refractivity contribution in [1.82, 2.24) is 24.5 Å². The molecule has 6 nitrogen and oxygen atoms in total. The molecular formula is C13H13ClN6. The third kappa shape index (κ3) is 2.55. The van der Waals surface area contributed by atoms with E-state index in [-0.39, 0.29) is 5.28 Å². The van der Waals surface area contributed by atoms with Gasteiger partial charge in [0.15, 0.2) is 11.5 Å². The van der Waals surface area contributed by atoms with Crippen LogP contribution in [0.3, 0.4) is 0 Å². The van der Waals surface area contributed by atoms with Crippen molar-refractivity contribution < 1.29 is 0 Å². The minimum Gasteiger partial charge on any atom is -0.382 e. The van der Waals surface area contributed by atoms with Crippen LogP contribution >= 0.6 is 11.6 Å². The first-order chi connectivity index (χ1) is 9.74. The fourth-order valence-electron chi connectivity index (χ4n) is 2.11. The number of anilines is 1. The van der Waals surface area contributed by atoms with E-state index in [1.807, 2.05) is 16.7 Å². The zero-order chi connectivity index (χ0) is 13.9. The summed E-state index contributed by atoms with van der Waals surface area (Å²) in [5.41, 5.74) is 8.31. The van der Waals surface area contributed by atoms with Crippen LogP contribution in [0, 0.1) is 0 Å². The molecule has 0 bridgehead atoms. The van der Waals surface area contributed by atoms with E-state index in [0.29, 0.717) is 17.0 Å². The number of nitrogen functional groups attached to an aromatic ring is 1. The van der Waals surface area contributed by atoms with Crippen LogP contribution in [0.5, 0.6) is 0 Å². The highest BCUT2D eigenvalue weighted by Gasteiger charge is 2.09. The van der Waals surface area contributed by atoms with Crippen molar-refractivity contribution in [3.05, 3.63) is 41.7 Å². The number of hydrogen-bond donors (Lipinski definition) is 1. The summed E-state index contributed by atoms with van der Waals surface area (Å²) in [4.78, 5) is 16.3. The van der Waals surface area contributed by atoms with Gasteiger partial charge in [0.05, 0.1) is 6.33 Å². The molecule has 2 N–H and O–H groups in total. The van der Waals surface area contributed by atoms with Crippen LogP contribution in [-0.4, -0.2) is 24.5 Å². The van der Waals surface area contributed by atoms with Crippen molar-refractivity contribution in [2.24, 2.45) is 0 Å². The van der Waals surface area contributed by atoms with Gasteiger partial charge in [0.2, 0.25) is 5.28 Å². The van der Waals surface area contributed by atoms with Gasteiger partial charge < -0.3 is 10.3 Å². The van der Waals surface area contributed by atoms with Gasteiger partial charge in [0.25, 0.3) is 0 Å². The largest absolute Gasteiger partial charge is 0.382 e. The summed E-state index contributed by atoms with van der Waals surface area (Å²) in [7, 11) is 0. The summed E-state index contributed by atoms with van der Waals surface area (Å²) in [6, 6.07) is 4.03.